The van der Waals surface area contributed by atoms with E-state index in [0.717, 1.165) is 11.1 Å². The molecule has 7 nitrogen and oxygen atoms in total. The SMILES string of the molecule is CCc1nn(C)c(NCc2cnccc2C)c1[N+](=O)[O-]. The largest absolute Gasteiger partial charge is 0.360 e. The first-order valence-corrected chi connectivity index (χ1v) is 6.38. The maximum atomic E-state index is 11.2. The number of aryl methyl sites for hydroxylation is 3. The second-order valence-electron chi connectivity index (χ2n) is 4.53. The molecule has 0 saturated heterocycles. The molecule has 0 saturated carbocycles. The molecule has 2 rings (SSSR count). The Balaban J connectivity index is 2.28. The molecule has 0 bridgehead atoms. The fourth-order valence-corrected chi connectivity index (χ4v) is 2.06. The van der Waals surface area contributed by atoms with E-state index < -0.39 is 0 Å². The molecular weight excluding hydrogens is 258 g/mol. The molecule has 2 aromatic rings. The molecule has 106 valence electrons. The Hall–Kier alpha value is -2.44. The van der Waals surface area contributed by atoms with Crippen LogP contribution in [0.25, 0.3) is 0 Å². The lowest BCUT2D eigenvalue weighted by Gasteiger charge is -2.08. The lowest BCUT2D eigenvalue weighted by Crippen LogP contribution is -2.07. The molecule has 0 radical (unpaired) electrons. The third-order valence-corrected chi connectivity index (χ3v) is 3.20. The van der Waals surface area contributed by atoms with Gasteiger partial charge in [0.2, 0.25) is 5.82 Å². The number of nitrogens with zero attached hydrogens (tertiary/aromatic N) is 4. The van der Waals surface area contributed by atoms with Crippen molar-refractivity contribution in [2.45, 2.75) is 26.8 Å². The molecule has 0 amide bonds. The fraction of sp³-hybridized carbons (Fsp3) is 0.385. The highest BCUT2D eigenvalue weighted by Gasteiger charge is 2.25. The van der Waals surface area contributed by atoms with Gasteiger partial charge in [-0.15, -0.1) is 0 Å². The quantitative estimate of drug-likeness (QED) is 0.667. The second kappa shape index (κ2) is 5.68. The zero-order valence-electron chi connectivity index (χ0n) is 11.8. The number of hydrogen-bond acceptors (Lipinski definition) is 5. The molecule has 0 spiro atoms. The van der Waals surface area contributed by atoms with E-state index >= 15 is 0 Å². The van der Waals surface area contributed by atoms with Crippen LogP contribution in [-0.2, 0) is 20.0 Å². The predicted molar refractivity (Wildman–Crippen MR) is 75.5 cm³/mol. The van der Waals surface area contributed by atoms with E-state index in [9.17, 15) is 10.1 Å². The summed E-state index contributed by atoms with van der Waals surface area (Å²) in [4.78, 5) is 14.9. The summed E-state index contributed by atoms with van der Waals surface area (Å²) in [6.45, 7) is 4.31. The molecule has 0 aliphatic carbocycles. The molecule has 0 aliphatic heterocycles. The summed E-state index contributed by atoms with van der Waals surface area (Å²) in [7, 11) is 1.70. The lowest BCUT2D eigenvalue weighted by atomic mass is 10.1. The number of anilines is 1. The van der Waals surface area contributed by atoms with Gasteiger partial charge in [-0.1, -0.05) is 6.92 Å². The highest BCUT2D eigenvalue weighted by Crippen LogP contribution is 2.28. The van der Waals surface area contributed by atoms with Gasteiger partial charge in [-0.2, -0.15) is 5.10 Å². The molecule has 1 N–H and O–H groups in total. The normalized spacial score (nSPS) is 10.6. The zero-order chi connectivity index (χ0) is 14.7. The lowest BCUT2D eigenvalue weighted by molar-refractivity contribution is -0.384. The van der Waals surface area contributed by atoms with Crippen LogP contribution >= 0.6 is 0 Å². The van der Waals surface area contributed by atoms with Crippen molar-refractivity contribution in [3.63, 3.8) is 0 Å². The van der Waals surface area contributed by atoms with E-state index in [-0.39, 0.29) is 10.6 Å². The Morgan fingerprint density at radius 2 is 2.25 bits per heavy atom. The maximum Gasteiger partial charge on any atom is 0.333 e. The van der Waals surface area contributed by atoms with Gasteiger partial charge in [0.1, 0.15) is 5.69 Å². The molecule has 20 heavy (non-hydrogen) atoms. The van der Waals surface area contributed by atoms with Crippen molar-refractivity contribution < 1.29 is 4.92 Å². The van der Waals surface area contributed by atoms with Crippen molar-refractivity contribution in [3.8, 4) is 0 Å². The summed E-state index contributed by atoms with van der Waals surface area (Å²) in [6, 6.07) is 1.91. The van der Waals surface area contributed by atoms with Crippen LogP contribution in [0, 0.1) is 17.0 Å². The Bertz CT molecular complexity index is 636. The molecule has 0 aromatic carbocycles. The first-order chi connectivity index (χ1) is 9.54. The topological polar surface area (TPSA) is 85.9 Å². The van der Waals surface area contributed by atoms with E-state index in [2.05, 4.69) is 15.4 Å². The maximum absolute atomic E-state index is 11.2. The molecule has 7 heteroatoms. The average molecular weight is 275 g/mol. The van der Waals surface area contributed by atoms with Gasteiger partial charge in [-0.3, -0.25) is 15.1 Å². The van der Waals surface area contributed by atoms with E-state index in [0.29, 0.717) is 24.5 Å². The fourth-order valence-electron chi connectivity index (χ4n) is 2.06. The van der Waals surface area contributed by atoms with E-state index in [1.165, 1.54) is 4.68 Å². The minimum Gasteiger partial charge on any atom is -0.360 e. The molecule has 0 fully saturated rings. The molecule has 0 unspecified atom stereocenters. The average Bonchev–Trinajstić information content (AvgIpc) is 2.74. The van der Waals surface area contributed by atoms with Gasteiger partial charge in [0, 0.05) is 26.0 Å². The number of hydrogen-bond donors (Lipinski definition) is 1. The summed E-state index contributed by atoms with van der Waals surface area (Å²) in [5, 5.41) is 18.5. The van der Waals surface area contributed by atoms with E-state index in [4.69, 9.17) is 0 Å². The number of nitrogens with one attached hydrogen (secondary N) is 1. The highest BCUT2D eigenvalue weighted by atomic mass is 16.6. The van der Waals surface area contributed by atoms with Gasteiger partial charge in [0.25, 0.3) is 0 Å². The van der Waals surface area contributed by atoms with Gasteiger partial charge in [0.15, 0.2) is 0 Å². The number of nitro groups is 1. The van der Waals surface area contributed by atoms with E-state index in [1.807, 2.05) is 19.9 Å². The summed E-state index contributed by atoms with van der Waals surface area (Å²) >= 11 is 0. The standard InChI is InChI=1S/C13H17N5O2/c1-4-11-12(18(19)20)13(17(3)16-11)15-8-10-7-14-6-5-9(10)2/h5-7,15H,4,8H2,1-3H3. The Kier molecular flexibility index (Phi) is 3.97. The molecule has 2 aromatic heterocycles. The van der Waals surface area contributed by atoms with E-state index in [1.54, 1.807) is 19.4 Å². The van der Waals surface area contributed by atoms with Crippen LogP contribution in [0.2, 0.25) is 0 Å². The van der Waals surface area contributed by atoms with Gasteiger partial charge in [-0.25, -0.2) is 4.68 Å². The van der Waals surface area contributed by atoms with Crippen LogP contribution in [0.1, 0.15) is 23.7 Å². The van der Waals surface area contributed by atoms with Crippen LogP contribution in [0.3, 0.4) is 0 Å². The van der Waals surface area contributed by atoms with Crippen molar-refractivity contribution in [2.24, 2.45) is 7.05 Å². The monoisotopic (exact) mass is 275 g/mol. The molecule has 0 atom stereocenters. The first kappa shape index (κ1) is 14.0. The molecule has 0 aliphatic rings. The van der Waals surface area contributed by atoms with Crippen LogP contribution in [0.15, 0.2) is 18.5 Å². The minimum atomic E-state index is -0.385. The summed E-state index contributed by atoms with van der Waals surface area (Å²) in [5.41, 5.74) is 2.63. The second-order valence-corrected chi connectivity index (χ2v) is 4.53. The summed E-state index contributed by atoms with van der Waals surface area (Å²) < 4.78 is 1.52. The Morgan fingerprint density at radius 1 is 1.50 bits per heavy atom. The zero-order valence-corrected chi connectivity index (χ0v) is 11.8. The predicted octanol–water partition coefficient (Wildman–Crippen LogP) is 2.21. The van der Waals surface area contributed by atoms with Crippen LogP contribution in [0.5, 0.6) is 0 Å². The third kappa shape index (κ3) is 2.61. The first-order valence-electron chi connectivity index (χ1n) is 6.38. The van der Waals surface area contributed by atoms with Gasteiger partial charge in [0.05, 0.1) is 4.92 Å². The number of aromatic nitrogens is 3. The highest BCUT2D eigenvalue weighted by molar-refractivity contribution is 5.60. The van der Waals surface area contributed by atoms with Crippen molar-refractivity contribution in [1.82, 2.24) is 14.8 Å². The summed E-state index contributed by atoms with van der Waals surface area (Å²) in [5.74, 6) is 0.426. The van der Waals surface area contributed by atoms with Crippen LogP contribution in [0.4, 0.5) is 11.5 Å². The van der Waals surface area contributed by atoms with Crippen molar-refractivity contribution >= 4 is 11.5 Å². The third-order valence-electron chi connectivity index (χ3n) is 3.20. The number of rotatable bonds is 5. The Morgan fingerprint density at radius 3 is 2.85 bits per heavy atom. The van der Waals surface area contributed by atoms with Gasteiger partial charge < -0.3 is 5.32 Å². The molecular formula is C13H17N5O2. The van der Waals surface area contributed by atoms with Gasteiger partial charge >= 0.3 is 5.69 Å². The minimum absolute atomic E-state index is 0.0524. The number of pyridine rings is 1. The summed E-state index contributed by atoms with van der Waals surface area (Å²) in [6.07, 6.45) is 4.00. The van der Waals surface area contributed by atoms with Crippen LogP contribution in [-0.4, -0.2) is 19.7 Å². The van der Waals surface area contributed by atoms with Crippen molar-refractivity contribution in [2.75, 3.05) is 5.32 Å². The molecule has 2 heterocycles. The van der Waals surface area contributed by atoms with Gasteiger partial charge in [-0.05, 0) is 30.5 Å². The smallest absolute Gasteiger partial charge is 0.333 e. The van der Waals surface area contributed by atoms with Crippen molar-refractivity contribution in [1.29, 1.82) is 0 Å². The Labute approximate surface area is 116 Å². The van der Waals surface area contributed by atoms with Crippen molar-refractivity contribution in [3.05, 3.63) is 45.4 Å². The van der Waals surface area contributed by atoms with Crippen LogP contribution < -0.4 is 5.32 Å².